The van der Waals surface area contributed by atoms with E-state index in [1.165, 1.54) is 18.4 Å². The van der Waals surface area contributed by atoms with Gasteiger partial charge in [-0.3, -0.25) is 4.79 Å². The molecule has 2 aromatic carbocycles. The van der Waals surface area contributed by atoms with Gasteiger partial charge in [0.15, 0.2) is 6.10 Å². The fraction of sp³-hybridized carbons (Fsp3) is 0.417. The van der Waals surface area contributed by atoms with E-state index in [-0.39, 0.29) is 5.91 Å². The minimum Gasteiger partial charge on any atom is -0.494 e. The minimum atomic E-state index is -0.663. The summed E-state index contributed by atoms with van der Waals surface area (Å²) in [5.74, 6) is 1.12. The SMILES string of the molecule is CCCCCOc1ccc(O[C@H](C)C(=O)N/N=C\c2c(C)cc(C)cc2C)cc1. The quantitative estimate of drug-likeness (QED) is 0.345. The van der Waals surface area contributed by atoms with Crippen molar-refractivity contribution in [2.45, 2.75) is 60.0 Å². The van der Waals surface area contributed by atoms with Crippen LogP contribution in [0.2, 0.25) is 0 Å². The molecule has 1 atom stereocenters. The fourth-order valence-electron chi connectivity index (χ4n) is 3.06. The van der Waals surface area contributed by atoms with Gasteiger partial charge < -0.3 is 9.47 Å². The Morgan fingerprint density at radius 2 is 1.69 bits per heavy atom. The predicted octanol–water partition coefficient (Wildman–Crippen LogP) is 5.10. The lowest BCUT2D eigenvalue weighted by molar-refractivity contribution is -0.127. The number of hydrogen-bond acceptors (Lipinski definition) is 4. The van der Waals surface area contributed by atoms with Gasteiger partial charge in [-0.2, -0.15) is 5.10 Å². The van der Waals surface area contributed by atoms with Crippen molar-refractivity contribution in [1.29, 1.82) is 0 Å². The summed E-state index contributed by atoms with van der Waals surface area (Å²) < 4.78 is 11.4. The lowest BCUT2D eigenvalue weighted by atomic mass is 10.0. The molecule has 1 N–H and O–H groups in total. The Morgan fingerprint density at radius 1 is 1.07 bits per heavy atom. The van der Waals surface area contributed by atoms with Crippen LogP contribution in [0.25, 0.3) is 0 Å². The van der Waals surface area contributed by atoms with E-state index in [0.717, 1.165) is 28.9 Å². The molecule has 0 saturated carbocycles. The van der Waals surface area contributed by atoms with E-state index in [2.05, 4.69) is 36.5 Å². The van der Waals surface area contributed by atoms with E-state index >= 15 is 0 Å². The van der Waals surface area contributed by atoms with Crippen LogP contribution >= 0.6 is 0 Å². The monoisotopic (exact) mass is 396 g/mol. The lowest BCUT2D eigenvalue weighted by Crippen LogP contribution is -2.33. The first kappa shape index (κ1) is 22.5. The summed E-state index contributed by atoms with van der Waals surface area (Å²) in [5.41, 5.74) is 7.03. The Morgan fingerprint density at radius 3 is 2.31 bits per heavy atom. The normalized spacial score (nSPS) is 12.0. The highest BCUT2D eigenvalue weighted by atomic mass is 16.5. The van der Waals surface area contributed by atoms with Crippen LogP contribution < -0.4 is 14.9 Å². The molecule has 0 bridgehead atoms. The summed E-state index contributed by atoms with van der Waals surface area (Å²) in [6, 6.07) is 11.5. The average Bonchev–Trinajstić information content (AvgIpc) is 2.68. The van der Waals surface area contributed by atoms with Gasteiger partial charge in [0.05, 0.1) is 12.8 Å². The minimum absolute atomic E-state index is 0.302. The van der Waals surface area contributed by atoms with Gasteiger partial charge in [0.2, 0.25) is 0 Å². The van der Waals surface area contributed by atoms with Crippen LogP contribution in [-0.4, -0.2) is 24.8 Å². The summed E-state index contributed by atoms with van der Waals surface area (Å²) in [7, 11) is 0. The molecule has 0 aliphatic carbocycles. The van der Waals surface area contributed by atoms with E-state index in [1.54, 1.807) is 25.3 Å². The fourth-order valence-corrected chi connectivity index (χ4v) is 3.06. The molecule has 5 heteroatoms. The van der Waals surface area contributed by atoms with Gasteiger partial charge in [0, 0.05) is 5.56 Å². The molecule has 0 fully saturated rings. The zero-order valence-electron chi connectivity index (χ0n) is 18.1. The van der Waals surface area contributed by atoms with Gasteiger partial charge >= 0.3 is 0 Å². The van der Waals surface area contributed by atoms with Gasteiger partial charge in [0.1, 0.15) is 11.5 Å². The smallest absolute Gasteiger partial charge is 0.280 e. The molecule has 2 aromatic rings. The Balaban J connectivity index is 1.84. The highest BCUT2D eigenvalue weighted by Crippen LogP contribution is 2.19. The molecular formula is C24H32N2O3. The molecular weight excluding hydrogens is 364 g/mol. The molecule has 0 unspecified atom stereocenters. The van der Waals surface area contributed by atoms with Crippen molar-refractivity contribution in [3.05, 3.63) is 58.7 Å². The molecule has 0 saturated heterocycles. The molecule has 2 rings (SSSR count). The first-order valence-electron chi connectivity index (χ1n) is 10.2. The van der Waals surface area contributed by atoms with Crippen LogP contribution in [-0.2, 0) is 4.79 Å². The maximum absolute atomic E-state index is 12.3. The number of ether oxygens (including phenoxy) is 2. The summed E-state index contributed by atoms with van der Waals surface area (Å²) in [4.78, 5) is 12.3. The van der Waals surface area contributed by atoms with Crippen LogP contribution in [0, 0.1) is 20.8 Å². The van der Waals surface area contributed by atoms with Crippen molar-refractivity contribution < 1.29 is 14.3 Å². The van der Waals surface area contributed by atoms with Gasteiger partial charge in [0.25, 0.3) is 5.91 Å². The number of hydrogen-bond donors (Lipinski definition) is 1. The molecule has 0 spiro atoms. The van der Waals surface area contributed by atoms with Gasteiger partial charge in [-0.15, -0.1) is 0 Å². The van der Waals surface area contributed by atoms with Crippen molar-refractivity contribution in [2.24, 2.45) is 5.10 Å². The average molecular weight is 397 g/mol. The van der Waals surface area contributed by atoms with E-state index < -0.39 is 6.10 Å². The highest BCUT2D eigenvalue weighted by molar-refractivity contribution is 5.86. The van der Waals surface area contributed by atoms with Crippen LogP contribution in [0.1, 0.15) is 55.4 Å². The van der Waals surface area contributed by atoms with Crippen molar-refractivity contribution >= 4 is 12.1 Å². The number of benzene rings is 2. The molecule has 0 aliphatic heterocycles. The number of hydrazone groups is 1. The summed E-state index contributed by atoms with van der Waals surface area (Å²) in [6.07, 6.45) is 4.40. The Labute approximate surface area is 174 Å². The van der Waals surface area contributed by atoms with Crippen molar-refractivity contribution in [2.75, 3.05) is 6.61 Å². The third kappa shape index (κ3) is 7.26. The summed E-state index contributed by atoms with van der Waals surface area (Å²) in [6.45, 7) is 10.7. The lowest BCUT2D eigenvalue weighted by Gasteiger charge is -2.13. The van der Waals surface area contributed by atoms with Crippen molar-refractivity contribution in [3.63, 3.8) is 0 Å². The maximum Gasteiger partial charge on any atom is 0.280 e. The van der Waals surface area contributed by atoms with Gasteiger partial charge in [-0.25, -0.2) is 5.43 Å². The topological polar surface area (TPSA) is 59.9 Å². The molecule has 0 heterocycles. The predicted molar refractivity (Wildman–Crippen MR) is 118 cm³/mol. The first-order valence-corrected chi connectivity index (χ1v) is 10.2. The summed E-state index contributed by atoms with van der Waals surface area (Å²) in [5, 5.41) is 4.09. The zero-order valence-corrected chi connectivity index (χ0v) is 18.1. The Bertz CT molecular complexity index is 806. The second-order valence-corrected chi connectivity index (χ2v) is 7.33. The summed E-state index contributed by atoms with van der Waals surface area (Å²) >= 11 is 0. The Kier molecular flexibility index (Phi) is 8.71. The molecule has 0 aromatic heterocycles. The zero-order chi connectivity index (χ0) is 21.2. The van der Waals surface area contributed by atoms with E-state index in [0.29, 0.717) is 12.4 Å². The Hall–Kier alpha value is -2.82. The molecule has 5 nitrogen and oxygen atoms in total. The van der Waals surface area contributed by atoms with Crippen LogP contribution in [0.15, 0.2) is 41.5 Å². The third-order valence-electron chi connectivity index (χ3n) is 4.63. The number of nitrogens with one attached hydrogen (secondary N) is 1. The van der Waals surface area contributed by atoms with Crippen LogP contribution in [0.5, 0.6) is 11.5 Å². The largest absolute Gasteiger partial charge is 0.494 e. The molecule has 0 radical (unpaired) electrons. The van der Waals surface area contributed by atoms with Crippen LogP contribution in [0.3, 0.4) is 0 Å². The molecule has 29 heavy (non-hydrogen) atoms. The molecule has 1 amide bonds. The number of unbranched alkanes of at least 4 members (excludes halogenated alkanes) is 2. The van der Waals surface area contributed by atoms with Gasteiger partial charge in [-0.05, 0) is 69.5 Å². The maximum atomic E-state index is 12.3. The van der Waals surface area contributed by atoms with Crippen LogP contribution in [0.4, 0.5) is 0 Å². The number of rotatable bonds is 10. The second kappa shape index (κ2) is 11.2. The van der Waals surface area contributed by atoms with E-state index in [1.807, 2.05) is 26.0 Å². The van der Waals surface area contributed by atoms with Crippen molar-refractivity contribution in [3.8, 4) is 11.5 Å². The van der Waals surface area contributed by atoms with E-state index in [4.69, 9.17) is 9.47 Å². The number of amides is 1. The number of nitrogens with zero attached hydrogens (tertiary/aromatic N) is 1. The standard InChI is InChI=1S/C24H32N2O3/c1-6-7-8-13-28-21-9-11-22(12-10-21)29-20(5)24(27)26-25-16-23-18(3)14-17(2)15-19(23)4/h9-12,14-16,20H,6-8,13H2,1-5H3,(H,26,27)/b25-16-/t20-/m1/s1. The van der Waals surface area contributed by atoms with E-state index in [9.17, 15) is 4.79 Å². The second-order valence-electron chi connectivity index (χ2n) is 7.33. The number of aryl methyl sites for hydroxylation is 3. The number of carbonyl (C=O) groups excluding carboxylic acids is 1. The molecule has 0 aliphatic rings. The highest BCUT2D eigenvalue weighted by Gasteiger charge is 2.14. The first-order chi connectivity index (χ1) is 13.9. The molecule has 156 valence electrons. The third-order valence-corrected chi connectivity index (χ3v) is 4.63. The van der Waals surface area contributed by atoms with Gasteiger partial charge in [-0.1, -0.05) is 37.5 Å². The number of carbonyl (C=O) groups is 1. The van der Waals surface area contributed by atoms with Crippen molar-refractivity contribution in [1.82, 2.24) is 5.43 Å².